The zero-order valence-corrected chi connectivity index (χ0v) is 19.5. The van der Waals surface area contributed by atoms with Gasteiger partial charge < -0.3 is 10.1 Å². The molecular formula is C26H25N7O. The third kappa shape index (κ3) is 4.30. The van der Waals surface area contributed by atoms with E-state index in [1.54, 1.807) is 18.0 Å². The van der Waals surface area contributed by atoms with E-state index < -0.39 is 0 Å². The fourth-order valence-corrected chi connectivity index (χ4v) is 3.80. The lowest BCUT2D eigenvalue weighted by atomic mass is 10.0. The maximum Gasteiger partial charge on any atom is 0.154 e. The van der Waals surface area contributed by atoms with Crippen molar-refractivity contribution in [1.29, 1.82) is 0 Å². The van der Waals surface area contributed by atoms with Crippen molar-refractivity contribution in [3.8, 4) is 28.1 Å². The van der Waals surface area contributed by atoms with E-state index in [2.05, 4.69) is 34.3 Å². The second-order valence-electron chi connectivity index (χ2n) is 8.41. The molecule has 170 valence electrons. The number of pyridine rings is 2. The Hall–Kier alpha value is -4.33. The van der Waals surface area contributed by atoms with Crippen molar-refractivity contribution in [1.82, 2.24) is 29.9 Å². The minimum atomic E-state index is 0.366. The molecule has 0 amide bonds. The minimum absolute atomic E-state index is 0.366. The van der Waals surface area contributed by atoms with Crippen LogP contribution >= 0.6 is 0 Å². The summed E-state index contributed by atoms with van der Waals surface area (Å²) in [4.78, 5) is 9.42. The first kappa shape index (κ1) is 21.5. The largest absolute Gasteiger partial charge is 0.497 e. The fourth-order valence-electron chi connectivity index (χ4n) is 3.80. The summed E-state index contributed by atoms with van der Waals surface area (Å²) in [6.45, 7) is 4.25. The third-order valence-electron chi connectivity index (χ3n) is 5.62. The summed E-state index contributed by atoms with van der Waals surface area (Å²) in [6, 6.07) is 15.7. The average molecular weight is 452 g/mol. The molecule has 0 saturated carbocycles. The van der Waals surface area contributed by atoms with Crippen LogP contribution in [0.1, 0.15) is 25.3 Å². The highest BCUT2D eigenvalue weighted by Gasteiger charge is 2.14. The maximum absolute atomic E-state index is 5.40. The Kier molecular flexibility index (Phi) is 5.63. The molecule has 4 heterocycles. The fraction of sp³-hybridized carbons (Fsp3) is 0.192. The number of nitrogens with one attached hydrogen (secondary N) is 1. The summed E-state index contributed by atoms with van der Waals surface area (Å²) >= 11 is 0. The number of ether oxygens (including phenoxy) is 1. The Balaban J connectivity index is 1.52. The molecule has 5 aromatic rings. The third-order valence-corrected chi connectivity index (χ3v) is 5.62. The van der Waals surface area contributed by atoms with Crippen molar-refractivity contribution in [2.24, 2.45) is 7.05 Å². The van der Waals surface area contributed by atoms with Gasteiger partial charge >= 0.3 is 0 Å². The van der Waals surface area contributed by atoms with Gasteiger partial charge in [0.15, 0.2) is 5.82 Å². The number of anilines is 2. The molecule has 0 fully saturated rings. The van der Waals surface area contributed by atoms with Gasteiger partial charge in [-0.1, -0.05) is 26.0 Å². The van der Waals surface area contributed by atoms with Gasteiger partial charge in [-0.25, -0.2) is 4.98 Å². The number of rotatable bonds is 6. The Morgan fingerprint density at radius 2 is 1.82 bits per heavy atom. The Labute approximate surface area is 197 Å². The standard InChI is InChI=1S/C26H25N7O/c1-16(2)18-12-25(31-28-14-18)30-24-9-8-22-23(29-24)11-19(13-27-22)21-15-33(3)32-26(21)17-6-5-7-20(10-17)34-4/h5-16H,1-4H3,(H,29,30,31). The van der Waals surface area contributed by atoms with Crippen LogP contribution in [0, 0.1) is 0 Å². The predicted molar refractivity (Wildman–Crippen MR) is 133 cm³/mol. The van der Waals surface area contributed by atoms with Gasteiger partial charge in [-0.15, -0.1) is 5.10 Å². The molecule has 5 rings (SSSR count). The van der Waals surface area contributed by atoms with Gasteiger partial charge in [0.25, 0.3) is 0 Å². The van der Waals surface area contributed by atoms with Gasteiger partial charge in [0.05, 0.1) is 24.3 Å². The SMILES string of the molecule is COc1cccc(-c2nn(C)cc2-c2cnc3ccc(Nc4cc(C(C)C)cnn4)nc3c2)c1. The van der Waals surface area contributed by atoms with E-state index in [4.69, 9.17) is 14.8 Å². The van der Waals surface area contributed by atoms with E-state index >= 15 is 0 Å². The van der Waals surface area contributed by atoms with Crippen LogP contribution in [0.5, 0.6) is 5.75 Å². The summed E-state index contributed by atoms with van der Waals surface area (Å²) in [5.41, 5.74) is 6.44. The molecule has 8 nitrogen and oxygen atoms in total. The second kappa shape index (κ2) is 8.90. The number of hydrogen-bond donors (Lipinski definition) is 1. The van der Waals surface area contributed by atoms with Gasteiger partial charge in [-0.05, 0) is 47.9 Å². The molecule has 0 radical (unpaired) electrons. The average Bonchev–Trinajstić information content (AvgIpc) is 3.25. The lowest BCUT2D eigenvalue weighted by molar-refractivity contribution is 0.415. The van der Waals surface area contributed by atoms with Crippen LogP contribution in [0.4, 0.5) is 11.6 Å². The van der Waals surface area contributed by atoms with E-state index in [1.165, 1.54) is 0 Å². The van der Waals surface area contributed by atoms with Gasteiger partial charge in [0.1, 0.15) is 17.3 Å². The van der Waals surface area contributed by atoms with E-state index in [0.717, 1.165) is 44.7 Å². The number of aromatic nitrogens is 6. The van der Waals surface area contributed by atoms with Gasteiger partial charge in [0, 0.05) is 36.1 Å². The first-order valence-electron chi connectivity index (χ1n) is 11.0. The molecule has 0 saturated heterocycles. The zero-order chi connectivity index (χ0) is 23.7. The summed E-state index contributed by atoms with van der Waals surface area (Å²) in [7, 11) is 3.57. The molecule has 1 aromatic carbocycles. The Morgan fingerprint density at radius 1 is 0.941 bits per heavy atom. The molecule has 0 bridgehead atoms. The minimum Gasteiger partial charge on any atom is -0.497 e. The van der Waals surface area contributed by atoms with Crippen molar-refractivity contribution in [2.75, 3.05) is 12.4 Å². The lowest BCUT2D eigenvalue weighted by Crippen LogP contribution is -2.00. The van der Waals surface area contributed by atoms with Crippen LogP contribution < -0.4 is 10.1 Å². The van der Waals surface area contributed by atoms with Crippen LogP contribution in [0.2, 0.25) is 0 Å². The van der Waals surface area contributed by atoms with Gasteiger partial charge in [-0.2, -0.15) is 10.2 Å². The summed E-state index contributed by atoms with van der Waals surface area (Å²) < 4.78 is 7.20. The molecule has 0 spiro atoms. The molecule has 0 atom stereocenters. The summed E-state index contributed by atoms with van der Waals surface area (Å²) in [6.07, 6.45) is 5.63. The van der Waals surface area contributed by atoms with Crippen molar-refractivity contribution in [3.63, 3.8) is 0 Å². The van der Waals surface area contributed by atoms with E-state index in [-0.39, 0.29) is 0 Å². The van der Waals surface area contributed by atoms with Crippen molar-refractivity contribution in [3.05, 3.63) is 72.7 Å². The Bertz CT molecular complexity index is 1480. The molecule has 1 N–H and O–H groups in total. The highest BCUT2D eigenvalue weighted by atomic mass is 16.5. The number of nitrogens with zero attached hydrogens (tertiary/aromatic N) is 6. The van der Waals surface area contributed by atoms with Crippen LogP contribution in [0.15, 0.2) is 67.1 Å². The first-order chi connectivity index (χ1) is 16.5. The quantitative estimate of drug-likeness (QED) is 0.371. The van der Waals surface area contributed by atoms with E-state index in [0.29, 0.717) is 17.6 Å². The zero-order valence-electron chi connectivity index (χ0n) is 19.5. The molecule has 0 aliphatic rings. The number of methoxy groups -OCH3 is 1. The number of fused-ring (bicyclic) bond motifs is 1. The smallest absolute Gasteiger partial charge is 0.154 e. The van der Waals surface area contributed by atoms with Crippen LogP contribution in [0.25, 0.3) is 33.4 Å². The maximum atomic E-state index is 5.40. The molecule has 4 aromatic heterocycles. The molecule has 8 heteroatoms. The molecular weight excluding hydrogens is 426 g/mol. The predicted octanol–water partition coefficient (Wildman–Crippen LogP) is 5.36. The van der Waals surface area contributed by atoms with Crippen molar-refractivity contribution in [2.45, 2.75) is 19.8 Å². The van der Waals surface area contributed by atoms with Gasteiger partial charge in [0.2, 0.25) is 0 Å². The van der Waals surface area contributed by atoms with E-state index in [9.17, 15) is 0 Å². The lowest BCUT2D eigenvalue weighted by Gasteiger charge is -2.09. The first-order valence-corrected chi connectivity index (χ1v) is 11.0. The topological polar surface area (TPSA) is 90.6 Å². The number of hydrogen-bond acceptors (Lipinski definition) is 7. The highest BCUT2D eigenvalue weighted by Crippen LogP contribution is 2.33. The summed E-state index contributed by atoms with van der Waals surface area (Å²) in [5.74, 6) is 2.49. The van der Waals surface area contributed by atoms with Crippen LogP contribution in [-0.2, 0) is 7.05 Å². The van der Waals surface area contributed by atoms with Gasteiger partial charge in [-0.3, -0.25) is 9.67 Å². The van der Waals surface area contributed by atoms with Crippen LogP contribution in [-0.4, -0.2) is 37.1 Å². The van der Waals surface area contributed by atoms with Crippen molar-refractivity contribution < 1.29 is 4.74 Å². The van der Waals surface area contributed by atoms with Crippen LogP contribution in [0.3, 0.4) is 0 Å². The van der Waals surface area contributed by atoms with Crippen molar-refractivity contribution >= 4 is 22.7 Å². The summed E-state index contributed by atoms with van der Waals surface area (Å²) in [5, 5.41) is 16.2. The monoisotopic (exact) mass is 451 g/mol. The molecule has 34 heavy (non-hydrogen) atoms. The Morgan fingerprint density at radius 3 is 2.65 bits per heavy atom. The highest BCUT2D eigenvalue weighted by molar-refractivity contribution is 5.86. The normalized spacial score (nSPS) is 11.2. The molecule has 0 unspecified atom stereocenters. The number of benzene rings is 1. The molecule has 0 aliphatic heterocycles. The second-order valence-corrected chi connectivity index (χ2v) is 8.41. The molecule has 0 aliphatic carbocycles. The van der Waals surface area contributed by atoms with E-state index in [1.807, 2.05) is 68.0 Å². The number of aryl methyl sites for hydroxylation is 1.